The van der Waals surface area contributed by atoms with Gasteiger partial charge in [0.1, 0.15) is 11.5 Å². The van der Waals surface area contributed by atoms with Crippen LogP contribution in [0.15, 0.2) is 35.6 Å². The van der Waals surface area contributed by atoms with Crippen molar-refractivity contribution in [2.45, 2.75) is 73.0 Å². The van der Waals surface area contributed by atoms with Crippen molar-refractivity contribution < 1.29 is 18.0 Å². The summed E-state index contributed by atoms with van der Waals surface area (Å²) in [4.78, 5) is 34.0. The highest BCUT2D eigenvalue weighted by Crippen LogP contribution is 2.23. The van der Waals surface area contributed by atoms with Gasteiger partial charge in [0.15, 0.2) is 5.82 Å². The summed E-state index contributed by atoms with van der Waals surface area (Å²) in [7, 11) is 1.90. The van der Waals surface area contributed by atoms with Crippen LogP contribution in [0.5, 0.6) is 0 Å². The fourth-order valence-corrected chi connectivity index (χ4v) is 3.54. The summed E-state index contributed by atoms with van der Waals surface area (Å²) >= 11 is 0. The molecule has 0 saturated carbocycles. The standard InChI is InChI=1S/C23H32N8O2.C2H3F3.C2H6/c1-5-6-13-30(16-32)22-21(24-23(33)25-22)18(3)29(4)12-9-14-31-27-20(26-28-31)15-19-11-8-7-10-17(19)2;1-2(3,4)5;1-2/h7-8,10-11,16H,3,5-6,9,12-15H2,1-2,4H3,(H2,24,25,33);1H3;1-2H3. The number of benzene rings is 1. The molecule has 3 rings (SSSR count). The number of aryl methyl sites for hydroxylation is 2. The number of tetrazole rings is 1. The van der Waals surface area contributed by atoms with E-state index >= 15 is 0 Å². The topological polar surface area (TPSA) is 116 Å². The van der Waals surface area contributed by atoms with Gasteiger partial charge < -0.3 is 9.88 Å². The molecule has 0 aliphatic carbocycles. The summed E-state index contributed by atoms with van der Waals surface area (Å²) in [6, 6.07) is 8.17. The SMILES string of the molecule is C=C(c1[nH]c(=O)[nH]c1N(C=O)CCCC)N(C)CCCn1nnc(Cc2ccccc2C)n1.CC.CC(F)(F)F. The Bertz CT molecular complexity index is 1230. The second kappa shape index (κ2) is 16.9. The molecule has 1 aromatic carbocycles. The number of H-pyrrole nitrogens is 2. The number of halogens is 3. The number of hydrogen-bond acceptors (Lipinski definition) is 6. The van der Waals surface area contributed by atoms with E-state index in [0.29, 0.717) is 49.1 Å². The van der Waals surface area contributed by atoms with Crippen LogP contribution in [-0.2, 0) is 17.8 Å². The lowest BCUT2D eigenvalue weighted by Gasteiger charge is -2.23. The van der Waals surface area contributed by atoms with E-state index in [4.69, 9.17) is 0 Å². The van der Waals surface area contributed by atoms with Crippen LogP contribution in [0, 0.1) is 6.92 Å². The summed E-state index contributed by atoms with van der Waals surface area (Å²) in [5, 5.41) is 12.8. The third-order valence-electron chi connectivity index (χ3n) is 5.58. The smallest absolute Gasteiger partial charge is 0.373 e. The molecular weight excluding hydrogens is 525 g/mol. The zero-order chi connectivity index (χ0) is 30.3. The van der Waals surface area contributed by atoms with E-state index in [0.717, 1.165) is 25.7 Å². The Kier molecular flexibility index (Phi) is 14.4. The first-order valence-electron chi connectivity index (χ1n) is 13.3. The maximum absolute atomic E-state index is 11.9. The molecule has 0 unspecified atom stereocenters. The predicted molar refractivity (Wildman–Crippen MR) is 151 cm³/mol. The number of anilines is 1. The van der Waals surface area contributed by atoms with Crippen molar-refractivity contribution in [3.8, 4) is 0 Å². The molecular formula is C27H41F3N8O2. The average Bonchev–Trinajstić information content (AvgIpc) is 3.51. The molecule has 0 aliphatic heterocycles. The van der Waals surface area contributed by atoms with Crippen LogP contribution in [0.3, 0.4) is 0 Å². The number of unbranched alkanes of at least 4 members (excludes halogenated alkanes) is 1. The minimum atomic E-state index is -4.00. The lowest BCUT2D eigenvalue weighted by Crippen LogP contribution is -2.26. The van der Waals surface area contributed by atoms with E-state index in [1.807, 2.05) is 44.9 Å². The summed E-state index contributed by atoms with van der Waals surface area (Å²) in [6.07, 6.45) is -0.0791. The Balaban J connectivity index is 0.00000103. The van der Waals surface area contributed by atoms with Crippen LogP contribution in [-0.4, -0.2) is 67.8 Å². The monoisotopic (exact) mass is 566 g/mol. The van der Waals surface area contributed by atoms with Gasteiger partial charge in [0.25, 0.3) is 0 Å². The van der Waals surface area contributed by atoms with Crippen LogP contribution < -0.4 is 10.6 Å². The van der Waals surface area contributed by atoms with Gasteiger partial charge >= 0.3 is 11.9 Å². The molecule has 2 N–H and O–H groups in total. The molecule has 10 nitrogen and oxygen atoms in total. The van der Waals surface area contributed by atoms with Crippen LogP contribution in [0.1, 0.15) is 69.6 Å². The number of carbonyl (C=O) groups is 1. The van der Waals surface area contributed by atoms with E-state index in [-0.39, 0.29) is 12.6 Å². The molecule has 3 aromatic rings. The molecule has 1 amide bonds. The van der Waals surface area contributed by atoms with Crippen molar-refractivity contribution >= 4 is 17.9 Å². The highest BCUT2D eigenvalue weighted by Gasteiger charge is 2.19. The maximum atomic E-state index is 11.9. The van der Waals surface area contributed by atoms with Crippen molar-refractivity contribution in [1.82, 2.24) is 35.1 Å². The van der Waals surface area contributed by atoms with Crippen molar-refractivity contribution in [2.75, 3.05) is 25.0 Å². The molecule has 40 heavy (non-hydrogen) atoms. The van der Waals surface area contributed by atoms with Crippen molar-refractivity contribution in [3.05, 3.63) is 64.0 Å². The van der Waals surface area contributed by atoms with Crippen LogP contribution >= 0.6 is 0 Å². The Morgan fingerprint density at radius 2 is 1.80 bits per heavy atom. The van der Waals surface area contributed by atoms with Crippen molar-refractivity contribution in [2.24, 2.45) is 0 Å². The molecule has 0 saturated heterocycles. The molecule has 0 atom stereocenters. The van der Waals surface area contributed by atoms with Gasteiger partial charge in [0, 0.05) is 33.5 Å². The van der Waals surface area contributed by atoms with E-state index in [2.05, 4.69) is 51.0 Å². The van der Waals surface area contributed by atoms with Crippen LogP contribution in [0.25, 0.3) is 5.70 Å². The maximum Gasteiger partial charge on any atom is 0.386 e. The Labute approximate surface area is 233 Å². The molecule has 0 fully saturated rings. The number of amides is 1. The van der Waals surface area contributed by atoms with Gasteiger partial charge in [-0.2, -0.15) is 18.0 Å². The third-order valence-corrected chi connectivity index (χ3v) is 5.58. The van der Waals surface area contributed by atoms with Gasteiger partial charge in [-0.05, 0) is 36.1 Å². The second-order valence-electron chi connectivity index (χ2n) is 8.86. The second-order valence-corrected chi connectivity index (χ2v) is 8.86. The molecule has 0 spiro atoms. The zero-order valence-electron chi connectivity index (χ0n) is 24.2. The number of nitrogens with one attached hydrogen (secondary N) is 2. The van der Waals surface area contributed by atoms with Gasteiger partial charge in [0.05, 0.1) is 12.2 Å². The Morgan fingerprint density at radius 3 is 2.40 bits per heavy atom. The fourth-order valence-electron chi connectivity index (χ4n) is 3.54. The quantitative estimate of drug-likeness (QED) is 0.283. The highest BCUT2D eigenvalue weighted by molar-refractivity contribution is 5.80. The van der Waals surface area contributed by atoms with E-state index < -0.39 is 6.18 Å². The molecule has 222 valence electrons. The summed E-state index contributed by atoms with van der Waals surface area (Å²) in [5.74, 6) is 1.14. The highest BCUT2D eigenvalue weighted by atomic mass is 19.4. The molecule has 13 heteroatoms. The van der Waals surface area contributed by atoms with Crippen molar-refractivity contribution in [3.63, 3.8) is 0 Å². The normalized spacial score (nSPS) is 10.6. The minimum absolute atomic E-state index is 0.188. The van der Waals surface area contributed by atoms with Gasteiger partial charge in [-0.15, -0.1) is 10.2 Å². The van der Waals surface area contributed by atoms with E-state index in [9.17, 15) is 22.8 Å². The molecule has 0 radical (unpaired) electrons. The Morgan fingerprint density at radius 1 is 1.15 bits per heavy atom. The van der Waals surface area contributed by atoms with Gasteiger partial charge in [-0.25, -0.2) is 4.79 Å². The lowest BCUT2D eigenvalue weighted by molar-refractivity contribution is -0.110. The first-order valence-corrected chi connectivity index (χ1v) is 13.3. The zero-order valence-corrected chi connectivity index (χ0v) is 24.2. The number of hydrogen-bond donors (Lipinski definition) is 2. The lowest BCUT2D eigenvalue weighted by atomic mass is 10.1. The molecule has 2 aromatic heterocycles. The number of imidazole rings is 1. The molecule has 2 heterocycles. The van der Waals surface area contributed by atoms with Gasteiger partial charge in [-0.3, -0.25) is 14.7 Å². The number of carbonyl (C=O) groups excluding carboxylic acids is 1. The summed E-state index contributed by atoms with van der Waals surface area (Å²) in [5.41, 5.74) is 3.17. The first-order chi connectivity index (χ1) is 18.9. The minimum Gasteiger partial charge on any atom is -0.373 e. The average molecular weight is 567 g/mol. The van der Waals surface area contributed by atoms with Crippen molar-refractivity contribution in [1.29, 1.82) is 0 Å². The Hall–Kier alpha value is -3.90. The molecule has 0 aliphatic rings. The number of alkyl halides is 3. The van der Waals surface area contributed by atoms with Gasteiger partial charge in [-0.1, -0.05) is 58.0 Å². The number of nitrogens with zero attached hydrogens (tertiary/aromatic N) is 6. The van der Waals surface area contributed by atoms with Crippen LogP contribution in [0.2, 0.25) is 0 Å². The van der Waals surface area contributed by atoms with Crippen LogP contribution in [0.4, 0.5) is 19.0 Å². The number of aromatic amines is 2. The largest absolute Gasteiger partial charge is 0.386 e. The summed E-state index contributed by atoms with van der Waals surface area (Å²) in [6.45, 7) is 14.2. The molecule has 0 bridgehead atoms. The number of rotatable bonds is 13. The predicted octanol–water partition coefficient (Wildman–Crippen LogP) is 4.94. The van der Waals surface area contributed by atoms with E-state index in [1.54, 1.807) is 4.80 Å². The third kappa shape index (κ3) is 11.9. The number of aromatic nitrogens is 6. The fraction of sp³-hybridized carbons (Fsp3) is 0.519. The first kappa shape index (κ1) is 34.1. The summed E-state index contributed by atoms with van der Waals surface area (Å²) < 4.78 is 31.1. The van der Waals surface area contributed by atoms with E-state index in [1.165, 1.54) is 16.0 Å². The van der Waals surface area contributed by atoms with Gasteiger partial charge in [0.2, 0.25) is 6.41 Å².